The molecule has 0 heterocycles. The van der Waals surface area contributed by atoms with Crippen molar-refractivity contribution < 1.29 is 4.74 Å². The van der Waals surface area contributed by atoms with Crippen molar-refractivity contribution in [3.05, 3.63) is 28.8 Å². The highest BCUT2D eigenvalue weighted by Crippen LogP contribution is 2.33. The maximum atomic E-state index is 5.99. The van der Waals surface area contributed by atoms with Gasteiger partial charge in [0.15, 0.2) is 0 Å². The van der Waals surface area contributed by atoms with Crippen LogP contribution in [0.3, 0.4) is 0 Å². The fraction of sp³-hybridized carbons (Fsp3) is 0.571. The Kier molecular flexibility index (Phi) is 3.20. The van der Waals surface area contributed by atoms with Gasteiger partial charge in [-0.1, -0.05) is 17.7 Å². The first-order valence-corrected chi connectivity index (χ1v) is 6.07. The highest BCUT2D eigenvalue weighted by Gasteiger charge is 2.23. The van der Waals surface area contributed by atoms with E-state index in [1.54, 1.807) is 0 Å². The van der Waals surface area contributed by atoms with Crippen molar-refractivity contribution in [2.24, 2.45) is 11.7 Å². The smallest absolute Gasteiger partial charge is 0.126 e. The third-order valence-corrected chi connectivity index (χ3v) is 3.10. The Labute approximate surface area is 97.8 Å². The molecular formula is C14H21NO. The third kappa shape index (κ3) is 2.56. The van der Waals surface area contributed by atoms with Crippen molar-refractivity contribution >= 4 is 0 Å². The van der Waals surface area contributed by atoms with Crippen LogP contribution >= 0.6 is 0 Å². The second kappa shape index (κ2) is 4.46. The molecule has 2 N–H and O–H groups in total. The van der Waals surface area contributed by atoms with Gasteiger partial charge in [-0.05, 0) is 45.1 Å². The molecule has 1 aromatic rings. The molecule has 0 aliphatic heterocycles. The lowest BCUT2D eigenvalue weighted by atomic mass is 10.0. The summed E-state index contributed by atoms with van der Waals surface area (Å²) in [6.45, 7) is 7.06. The highest BCUT2D eigenvalue weighted by atomic mass is 16.5. The van der Waals surface area contributed by atoms with Crippen LogP contribution < -0.4 is 10.5 Å². The van der Waals surface area contributed by atoms with Gasteiger partial charge in [0, 0.05) is 11.6 Å². The van der Waals surface area contributed by atoms with E-state index < -0.39 is 0 Å². The number of ether oxygens (including phenoxy) is 1. The van der Waals surface area contributed by atoms with E-state index in [0.717, 1.165) is 23.8 Å². The molecule has 2 heteroatoms. The normalized spacial score (nSPS) is 17.2. The summed E-state index contributed by atoms with van der Waals surface area (Å²) >= 11 is 0. The monoisotopic (exact) mass is 219 g/mol. The summed E-state index contributed by atoms with van der Waals surface area (Å²) in [6, 6.07) is 4.33. The molecule has 16 heavy (non-hydrogen) atoms. The van der Waals surface area contributed by atoms with Crippen LogP contribution in [0, 0.1) is 19.8 Å². The average molecular weight is 219 g/mol. The third-order valence-electron chi connectivity index (χ3n) is 3.10. The molecule has 1 atom stereocenters. The van der Waals surface area contributed by atoms with Gasteiger partial charge < -0.3 is 10.5 Å². The number of hydrogen-bond acceptors (Lipinski definition) is 2. The van der Waals surface area contributed by atoms with Crippen molar-refractivity contribution in [2.75, 3.05) is 6.61 Å². The van der Waals surface area contributed by atoms with Crippen LogP contribution in [-0.4, -0.2) is 6.61 Å². The second-order valence-electron chi connectivity index (χ2n) is 5.04. The van der Waals surface area contributed by atoms with Crippen LogP contribution in [-0.2, 0) is 0 Å². The predicted molar refractivity (Wildman–Crippen MR) is 66.7 cm³/mol. The molecule has 2 nitrogen and oxygen atoms in total. The molecule has 0 radical (unpaired) electrons. The molecule has 88 valence electrons. The number of benzene rings is 1. The molecule has 0 bridgehead atoms. The van der Waals surface area contributed by atoms with Gasteiger partial charge >= 0.3 is 0 Å². The molecule has 1 aliphatic rings. The Morgan fingerprint density at radius 1 is 1.38 bits per heavy atom. The number of nitrogens with two attached hydrogens (primary N) is 1. The lowest BCUT2D eigenvalue weighted by Crippen LogP contribution is -2.10. The maximum Gasteiger partial charge on any atom is 0.126 e. The van der Waals surface area contributed by atoms with Crippen LogP contribution in [0.15, 0.2) is 12.1 Å². The summed E-state index contributed by atoms with van der Waals surface area (Å²) in [5.41, 5.74) is 9.59. The van der Waals surface area contributed by atoms with Gasteiger partial charge in [-0.3, -0.25) is 0 Å². The summed E-state index contributed by atoms with van der Waals surface area (Å²) in [5.74, 6) is 1.79. The van der Waals surface area contributed by atoms with Gasteiger partial charge in [-0.15, -0.1) is 0 Å². The Balaban J connectivity index is 2.24. The largest absolute Gasteiger partial charge is 0.493 e. The number of hydrogen-bond donors (Lipinski definition) is 1. The predicted octanol–water partition coefficient (Wildman–Crippen LogP) is 3.11. The Hall–Kier alpha value is -1.02. The van der Waals surface area contributed by atoms with Crippen molar-refractivity contribution in [1.29, 1.82) is 0 Å². The molecule has 1 saturated carbocycles. The molecular weight excluding hydrogens is 198 g/mol. The number of rotatable bonds is 4. The van der Waals surface area contributed by atoms with Crippen molar-refractivity contribution in [3.63, 3.8) is 0 Å². The summed E-state index contributed by atoms with van der Waals surface area (Å²) in [5, 5.41) is 0. The molecule has 0 saturated heterocycles. The lowest BCUT2D eigenvalue weighted by molar-refractivity contribution is 0.293. The van der Waals surface area contributed by atoms with Gasteiger partial charge in [0.1, 0.15) is 5.75 Å². The first-order valence-electron chi connectivity index (χ1n) is 6.07. The Morgan fingerprint density at radius 2 is 2.06 bits per heavy atom. The second-order valence-corrected chi connectivity index (χ2v) is 5.04. The van der Waals surface area contributed by atoms with Gasteiger partial charge in [0.05, 0.1) is 6.61 Å². The minimum absolute atomic E-state index is 0.0350. The molecule has 0 amide bonds. The minimum atomic E-state index is 0.0350. The average Bonchev–Trinajstić information content (AvgIpc) is 2.98. The fourth-order valence-corrected chi connectivity index (χ4v) is 2.01. The van der Waals surface area contributed by atoms with E-state index in [9.17, 15) is 0 Å². The van der Waals surface area contributed by atoms with E-state index in [1.165, 1.54) is 24.0 Å². The summed E-state index contributed by atoms with van der Waals surface area (Å²) in [7, 11) is 0. The van der Waals surface area contributed by atoms with E-state index in [0.29, 0.717) is 0 Å². The van der Waals surface area contributed by atoms with E-state index >= 15 is 0 Å². The molecule has 1 aliphatic carbocycles. The Bertz CT molecular complexity index is 381. The molecule has 1 unspecified atom stereocenters. The lowest BCUT2D eigenvalue weighted by Gasteiger charge is -2.17. The van der Waals surface area contributed by atoms with E-state index in [4.69, 9.17) is 10.5 Å². The van der Waals surface area contributed by atoms with Gasteiger partial charge in [0.2, 0.25) is 0 Å². The maximum absolute atomic E-state index is 5.99. The zero-order valence-electron chi connectivity index (χ0n) is 10.4. The van der Waals surface area contributed by atoms with Crippen LogP contribution in [0.25, 0.3) is 0 Å². The fourth-order valence-electron chi connectivity index (χ4n) is 2.01. The highest BCUT2D eigenvalue weighted by molar-refractivity contribution is 5.45. The topological polar surface area (TPSA) is 35.2 Å². The molecule has 0 spiro atoms. The van der Waals surface area contributed by atoms with Crippen LogP contribution in [0.5, 0.6) is 5.75 Å². The van der Waals surface area contributed by atoms with Crippen molar-refractivity contribution in [1.82, 2.24) is 0 Å². The first-order chi connectivity index (χ1) is 7.58. The number of aryl methyl sites for hydroxylation is 2. The zero-order chi connectivity index (χ0) is 11.7. The van der Waals surface area contributed by atoms with Crippen LogP contribution in [0.4, 0.5) is 0 Å². The van der Waals surface area contributed by atoms with Gasteiger partial charge in [0.25, 0.3) is 0 Å². The van der Waals surface area contributed by atoms with Gasteiger partial charge in [-0.25, -0.2) is 0 Å². The molecule has 1 fully saturated rings. The summed E-state index contributed by atoms with van der Waals surface area (Å²) in [6.07, 6.45) is 2.64. The first kappa shape index (κ1) is 11.5. The van der Waals surface area contributed by atoms with Crippen molar-refractivity contribution in [3.8, 4) is 5.75 Å². The van der Waals surface area contributed by atoms with Crippen LogP contribution in [0.1, 0.15) is 42.5 Å². The quantitative estimate of drug-likeness (QED) is 0.844. The molecule has 2 rings (SSSR count). The summed E-state index contributed by atoms with van der Waals surface area (Å²) in [4.78, 5) is 0. The van der Waals surface area contributed by atoms with Gasteiger partial charge in [-0.2, -0.15) is 0 Å². The minimum Gasteiger partial charge on any atom is -0.493 e. The van der Waals surface area contributed by atoms with E-state index in [1.807, 2.05) is 6.92 Å². The zero-order valence-corrected chi connectivity index (χ0v) is 10.4. The SMILES string of the molecule is Cc1cc(C)c(OCC2CC2)c(C(C)N)c1. The van der Waals surface area contributed by atoms with E-state index in [2.05, 4.69) is 26.0 Å². The summed E-state index contributed by atoms with van der Waals surface area (Å²) < 4.78 is 5.93. The Morgan fingerprint density at radius 3 is 2.62 bits per heavy atom. The van der Waals surface area contributed by atoms with Crippen molar-refractivity contribution in [2.45, 2.75) is 39.7 Å². The molecule has 0 aromatic heterocycles. The standard InChI is InChI=1S/C14H21NO/c1-9-6-10(2)14(13(7-9)11(3)15)16-8-12-4-5-12/h6-7,11-12H,4-5,8,15H2,1-3H3. The molecule has 1 aromatic carbocycles. The van der Waals surface area contributed by atoms with Crippen LogP contribution in [0.2, 0.25) is 0 Å². The van der Waals surface area contributed by atoms with E-state index in [-0.39, 0.29) is 6.04 Å².